The number of hydrogen-bond acceptors (Lipinski definition) is 6. The molecule has 154 valence electrons. The highest BCUT2D eigenvalue weighted by Crippen LogP contribution is 2.24. The fraction of sp³-hybridized carbons (Fsp3) is 0.167. The van der Waals surface area contributed by atoms with Crippen molar-refractivity contribution in [2.45, 2.75) is 26.7 Å². The molecule has 3 rings (SSSR count). The van der Waals surface area contributed by atoms with E-state index >= 15 is 0 Å². The van der Waals surface area contributed by atoms with Gasteiger partial charge in [-0.2, -0.15) is 0 Å². The summed E-state index contributed by atoms with van der Waals surface area (Å²) in [5.74, 6) is -0.0892. The van der Waals surface area contributed by atoms with Crippen molar-refractivity contribution in [2.75, 3.05) is 11.5 Å². The number of carbonyl (C=O) groups excluding carboxylic acids is 2. The van der Waals surface area contributed by atoms with Crippen LogP contribution in [0, 0.1) is 0 Å². The standard InChI is InChI=1S/C24H24N2O4/c1-3-15-13-19(25)9-11-21(15)29-23(27)17-5-7-18(8-6-17)24(28)30-22-12-10-20(26)14-16(22)4-2/h5-14H,3-4,25-26H2,1-2H3. The van der Waals surface area contributed by atoms with Gasteiger partial charge in [-0.15, -0.1) is 0 Å². The van der Waals surface area contributed by atoms with Crippen LogP contribution < -0.4 is 20.9 Å². The molecule has 30 heavy (non-hydrogen) atoms. The van der Waals surface area contributed by atoms with Gasteiger partial charge in [-0.1, -0.05) is 13.8 Å². The smallest absolute Gasteiger partial charge is 0.343 e. The maximum atomic E-state index is 12.5. The zero-order valence-electron chi connectivity index (χ0n) is 17.0. The lowest BCUT2D eigenvalue weighted by Crippen LogP contribution is -2.12. The topological polar surface area (TPSA) is 105 Å². The Balaban J connectivity index is 1.71. The Labute approximate surface area is 175 Å². The Hall–Kier alpha value is -3.80. The van der Waals surface area contributed by atoms with Crippen LogP contribution in [0.15, 0.2) is 60.7 Å². The van der Waals surface area contributed by atoms with E-state index in [4.69, 9.17) is 20.9 Å². The molecular formula is C24H24N2O4. The minimum absolute atomic E-state index is 0.326. The first kappa shape index (κ1) is 20.9. The molecule has 6 nitrogen and oxygen atoms in total. The second-order valence-corrected chi connectivity index (χ2v) is 6.80. The molecule has 0 spiro atoms. The maximum absolute atomic E-state index is 12.5. The van der Waals surface area contributed by atoms with Crippen molar-refractivity contribution in [2.24, 2.45) is 0 Å². The Morgan fingerprint density at radius 1 is 0.667 bits per heavy atom. The van der Waals surface area contributed by atoms with Gasteiger partial charge in [-0.05, 0) is 84.6 Å². The average molecular weight is 404 g/mol. The SMILES string of the molecule is CCc1cc(N)ccc1OC(=O)c1ccc(C(=O)Oc2ccc(N)cc2CC)cc1. The van der Waals surface area contributed by atoms with E-state index in [1.54, 1.807) is 36.4 Å². The van der Waals surface area contributed by atoms with Crippen LogP contribution in [0.2, 0.25) is 0 Å². The molecule has 0 aliphatic rings. The molecule has 0 amide bonds. The van der Waals surface area contributed by atoms with Crippen LogP contribution in [0.25, 0.3) is 0 Å². The number of benzene rings is 3. The molecule has 0 bridgehead atoms. The normalized spacial score (nSPS) is 10.5. The number of rotatable bonds is 6. The molecule has 4 N–H and O–H groups in total. The fourth-order valence-electron chi connectivity index (χ4n) is 3.01. The van der Waals surface area contributed by atoms with E-state index in [-0.39, 0.29) is 0 Å². The fourth-order valence-corrected chi connectivity index (χ4v) is 3.01. The van der Waals surface area contributed by atoms with E-state index in [9.17, 15) is 9.59 Å². The number of ether oxygens (including phenoxy) is 2. The van der Waals surface area contributed by atoms with Gasteiger partial charge in [0.15, 0.2) is 0 Å². The van der Waals surface area contributed by atoms with Crippen molar-refractivity contribution >= 4 is 23.3 Å². The molecule has 0 saturated carbocycles. The maximum Gasteiger partial charge on any atom is 0.343 e. The van der Waals surface area contributed by atoms with Gasteiger partial charge < -0.3 is 20.9 Å². The third-order valence-electron chi connectivity index (χ3n) is 4.69. The van der Waals surface area contributed by atoms with Crippen LogP contribution in [-0.2, 0) is 12.8 Å². The highest BCUT2D eigenvalue weighted by atomic mass is 16.5. The van der Waals surface area contributed by atoms with Crippen LogP contribution in [0.1, 0.15) is 45.7 Å². The number of hydrogen-bond donors (Lipinski definition) is 2. The van der Waals surface area contributed by atoms with Crippen molar-refractivity contribution in [3.8, 4) is 11.5 Å². The summed E-state index contributed by atoms with van der Waals surface area (Å²) in [6.45, 7) is 3.91. The number of nitrogens with two attached hydrogens (primary N) is 2. The molecule has 0 aromatic heterocycles. The van der Waals surface area contributed by atoms with Gasteiger partial charge in [0.05, 0.1) is 11.1 Å². The first-order valence-electron chi connectivity index (χ1n) is 9.72. The molecule has 3 aromatic carbocycles. The minimum Gasteiger partial charge on any atom is -0.423 e. The summed E-state index contributed by atoms with van der Waals surface area (Å²) >= 11 is 0. The predicted molar refractivity (Wildman–Crippen MR) is 117 cm³/mol. The van der Waals surface area contributed by atoms with Crippen molar-refractivity contribution < 1.29 is 19.1 Å². The predicted octanol–water partition coefficient (Wildman–Crippen LogP) is 4.41. The van der Waals surface area contributed by atoms with E-state index in [2.05, 4.69) is 0 Å². The monoisotopic (exact) mass is 404 g/mol. The molecule has 3 aromatic rings. The van der Waals surface area contributed by atoms with E-state index < -0.39 is 11.9 Å². The molecule has 0 aliphatic heterocycles. The van der Waals surface area contributed by atoms with Gasteiger partial charge in [-0.25, -0.2) is 9.59 Å². The molecular weight excluding hydrogens is 380 g/mol. The summed E-state index contributed by atoms with van der Waals surface area (Å²) in [4.78, 5) is 24.9. The lowest BCUT2D eigenvalue weighted by Gasteiger charge is -2.11. The highest BCUT2D eigenvalue weighted by Gasteiger charge is 2.15. The molecule has 0 aliphatic carbocycles. The van der Waals surface area contributed by atoms with E-state index in [1.807, 2.05) is 13.8 Å². The van der Waals surface area contributed by atoms with Crippen molar-refractivity contribution in [3.63, 3.8) is 0 Å². The number of aryl methyl sites for hydroxylation is 2. The Morgan fingerprint density at radius 3 is 1.37 bits per heavy atom. The molecule has 0 atom stereocenters. The molecule has 6 heteroatoms. The van der Waals surface area contributed by atoms with Crippen molar-refractivity contribution in [1.82, 2.24) is 0 Å². The van der Waals surface area contributed by atoms with Gasteiger partial charge in [0, 0.05) is 11.4 Å². The van der Waals surface area contributed by atoms with Gasteiger partial charge in [-0.3, -0.25) is 0 Å². The van der Waals surface area contributed by atoms with Crippen molar-refractivity contribution in [3.05, 3.63) is 82.9 Å². The zero-order valence-corrected chi connectivity index (χ0v) is 17.0. The molecule has 0 saturated heterocycles. The summed E-state index contributed by atoms with van der Waals surface area (Å²) in [7, 11) is 0. The summed E-state index contributed by atoms with van der Waals surface area (Å²) in [6.07, 6.45) is 1.37. The van der Waals surface area contributed by atoms with E-state index in [1.165, 1.54) is 24.3 Å². The number of esters is 2. The first-order valence-corrected chi connectivity index (χ1v) is 9.72. The number of carbonyl (C=O) groups is 2. The van der Waals surface area contributed by atoms with Crippen molar-refractivity contribution in [1.29, 1.82) is 0 Å². The van der Waals surface area contributed by atoms with Crippen LogP contribution in [0.5, 0.6) is 11.5 Å². The van der Waals surface area contributed by atoms with E-state index in [0.29, 0.717) is 46.8 Å². The van der Waals surface area contributed by atoms with Crippen LogP contribution in [0.3, 0.4) is 0 Å². The minimum atomic E-state index is -0.513. The van der Waals surface area contributed by atoms with E-state index in [0.717, 1.165) is 11.1 Å². The molecule has 0 heterocycles. The highest BCUT2D eigenvalue weighted by molar-refractivity contribution is 5.95. The average Bonchev–Trinajstić information content (AvgIpc) is 2.76. The van der Waals surface area contributed by atoms with Gasteiger partial charge in [0.2, 0.25) is 0 Å². The number of nitrogen functional groups attached to an aromatic ring is 2. The quantitative estimate of drug-likeness (QED) is 0.358. The third kappa shape index (κ3) is 4.78. The largest absolute Gasteiger partial charge is 0.423 e. The van der Waals surface area contributed by atoms with Gasteiger partial charge in [0.25, 0.3) is 0 Å². The lowest BCUT2D eigenvalue weighted by atomic mass is 10.1. The summed E-state index contributed by atoms with van der Waals surface area (Å²) in [6, 6.07) is 16.4. The second-order valence-electron chi connectivity index (χ2n) is 6.80. The summed E-state index contributed by atoms with van der Waals surface area (Å²) in [5, 5.41) is 0. The molecule has 0 radical (unpaired) electrons. The number of anilines is 2. The van der Waals surface area contributed by atoms with Crippen LogP contribution in [0.4, 0.5) is 11.4 Å². The van der Waals surface area contributed by atoms with Gasteiger partial charge in [0.1, 0.15) is 11.5 Å². The summed E-state index contributed by atoms with van der Waals surface area (Å²) in [5.41, 5.74) is 15.1. The summed E-state index contributed by atoms with van der Waals surface area (Å²) < 4.78 is 11.0. The molecule has 0 unspecified atom stereocenters. The zero-order chi connectivity index (χ0) is 21.7. The van der Waals surface area contributed by atoms with Crippen LogP contribution >= 0.6 is 0 Å². The van der Waals surface area contributed by atoms with Crippen LogP contribution in [-0.4, -0.2) is 11.9 Å². The Bertz CT molecular complexity index is 989. The Kier molecular flexibility index (Phi) is 6.37. The Morgan fingerprint density at radius 2 is 1.03 bits per heavy atom. The van der Waals surface area contributed by atoms with Gasteiger partial charge >= 0.3 is 11.9 Å². The lowest BCUT2D eigenvalue weighted by molar-refractivity contribution is 0.0719. The first-order chi connectivity index (χ1) is 14.4. The molecule has 0 fully saturated rings. The second kappa shape index (κ2) is 9.13. The third-order valence-corrected chi connectivity index (χ3v) is 4.69.